The molecule has 0 spiro atoms. The Hall–Kier alpha value is -2.45. The summed E-state index contributed by atoms with van der Waals surface area (Å²) in [5.74, 6) is -1.30. The third-order valence-corrected chi connectivity index (χ3v) is 5.23. The van der Waals surface area contributed by atoms with Crippen LogP contribution in [0.5, 0.6) is 0 Å². The third kappa shape index (κ3) is 4.51. The number of halogens is 2. The number of rotatable bonds is 6. The maximum Gasteiger partial charge on any atom is 0.252 e. The minimum Gasteiger partial charge on any atom is -0.365 e. The first-order chi connectivity index (χ1) is 13.4. The highest BCUT2D eigenvalue weighted by molar-refractivity contribution is 6.31. The van der Waals surface area contributed by atoms with Gasteiger partial charge in [-0.1, -0.05) is 31.4 Å². The quantitative estimate of drug-likeness (QED) is 0.584. The summed E-state index contributed by atoms with van der Waals surface area (Å²) in [5, 5.41) is 6.53. The molecule has 0 saturated heterocycles. The smallest absolute Gasteiger partial charge is 0.252 e. The zero-order chi connectivity index (χ0) is 20.3. The van der Waals surface area contributed by atoms with Crippen LogP contribution in [0.25, 0.3) is 0 Å². The first-order valence-electron chi connectivity index (χ1n) is 9.33. The Kier molecular flexibility index (Phi) is 6.31. The van der Waals surface area contributed by atoms with Crippen molar-refractivity contribution in [1.29, 1.82) is 0 Å². The summed E-state index contributed by atoms with van der Waals surface area (Å²) < 4.78 is 14.5. The normalized spacial score (nSPS) is 19.3. The predicted molar refractivity (Wildman–Crippen MR) is 108 cm³/mol. The number of hydrogen-bond donors (Lipinski definition) is 4. The molecule has 0 unspecified atom stereocenters. The van der Waals surface area contributed by atoms with Gasteiger partial charge in [0.2, 0.25) is 0 Å². The summed E-state index contributed by atoms with van der Waals surface area (Å²) in [6.07, 6.45) is 6.05. The summed E-state index contributed by atoms with van der Waals surface area (Å²) in [7, 11) is 0. The van der Waals surface area contributed by atoms with Crippen molar-refractivity contribution in [1.82, 2.24) is 9.97 Å². The topological polar surface area (TPSA) is 119 Å². The molecule has 0 bridgehead atoms. The van der Waals surface area contributed by atoms with Gasteiger partial charge in [0.05, 0.1) is 28.2 Å². The first-order valence-corrected chi connectivity index (χ1v) is 9.70. The number of nitrogens with one attached hydrogen (secondary N) is 2. The second kappa shape index (κ2) is 8.70. The van der Waals surface area contributed by atoms with E-state index in [-0.39, 0.29) is 29.3 Å². The van der Waals surface area contributed by atoms with Crippen LogP contribution in [-0.2, 0) is 6.42 Å². The fraction of sp³-hybridized carbons (Fsp3) is 0.421. The van der Waals surface area contributed by atoms with E-state index in [2.05, 4.69) is 20.6 Å². The summed E-state index contributed by atoms with van der Waals surface area (Å²) in [6.45, 7) is 1.95. The minimum absolute atomic E-state index is 0.0269. The molecule has 2 heterocycles. The highest BCUT2D eigenvalue weighted by Crippen LogP contribution is 2.28. The maximum atomic E-state index is 14.5. The number of nitrogens with two attached hydrogens (primary N) is 2. The van der Waals surface area contributed by atoms with E-state index < -0.39 is 11.7 Å². The van der Waals surface area contributed by atoms with Crippen LogP contribution in [0, 0.1) is 5.82 Å². The van der Waals surface area contributed by atoms with Gasteiger partial charge >= 0.3 is 0 Å². The molecule has 7 nitrogen and oxygen atoms in total. The number of hydrogen-bond acceptors (Lipinski definition) is 6. The van der Waals surface area contributed by atoms with E-state index in [9.17, 15) is 9.18 Å². The van der Waals surface area contributed by atoms with Gasteiger partial charge in [-0.05, 0) is 31.4 Å². The molecule has 2 aromatic rings. The SMILES string of the molecule is CCc1ncc(Nc2nc(N[C@@H]3CCCC[C@@H]3N)c(F)cc2C(N)=O)cc1Cl. The molecule has 0 radical (unpaired) electrons. The second-order valence-electron chi connectivity index (χ2n) is 6.91. The van der Waals surface area contributed by atoms with Gasteiger partial charge in [0.1, 0.15) is 5.82 Å². The molecule has 1 amide bonds. The number of nitrogens with zero attached hydrogens (tertiary/aromatic N) is 2. The molecule has 1 aliphatic carbocycles. The molecule has 1 fully saturated rings. The second-order valence-corrected chi connectivity index (χ2v) is 7.32. The highest BCUT2D eigenvalue weighted by Gasteiger charge is 2.24. The number of pyridine rings is 2. The molecule has 1 aliphatic rings. The lowest BCUT2D eigenvalue weighted by atomic mass is 9.91. The molecular weight excluding hydrogens is 383 g/mol. The molecule has 6 N–H and O–H groups in total. The number of carbonyl (C=O) groups excluding carboxylic acids is 1. The van der Waals surface area contributed by atoms with Crippen LogP contribution in [0.3, 0.4) is 0 Å². The zero-order valence-corrected chi connectivity index (χ0v) is 16.4. The predicted octanol–water partition coefficient (Wildman–Crippen LogP) is 3.36. The van der Waals surface area contributed by atoms with Crippen molar-refractivity contribution in [2.45, 2.75) is 51.1 Å². The van der Waals surface area contributed by atoms with Crippen LogP contribution >= 0.6 is 11.6 Å². The maximum absolute atomic E-state index is 14.5. The van der Waals surface area contributed by atoms with Crippen molar-refractivity contribution >= 4 is 34.8 Å². The number of primary amides is 1. The molecule has 2 atom stereocenters. The van der Waals surface area contributed by atoms with Crippen LogP contribution in [0.1, 0.15) is 48.7 Å². The van der Waals surface area contributed by atoms with Gasteiger partial charge in [-0.2, -0.15) is 0 Å². The molecule has 9 heteroatoms. The van der Waals surface area contributed by atoms with Gasteiger partial charge in [0.15, 0.2) is 11.6 Å². The van der Waals surface area contributed by atoms with Crippen molar-refractivity contribution in [3.05, 3.63) is 40.4 Å². The summed E-state index contributed by atoms with van der Waals surface area (Å²) in [4.78, 5) is 20.3. The van der Waals surface area contributed by atoms with Gasteiger partial charge in [-0.15, -0.1) is 0 Å². The Morgan fingerprint density at radius 1 is 1.32 bits per heavy atom. The molecule has 0 aromatic carbocycles. The molecule has 0 aliphatic heterocycles. The van der Waals surface area contributed by atoms with Crippen molar-refractivity contribution in [2.24, 2.45) is 11.5 Å². The van der Waals surface area contributed by atoms with E-state index in [1.165, 1.54) is 0 Å². The van der Waals surface area contributed by atoms with Gasteiger partial charge < -0.3 is 22.1 Å². The van der Waals surface area contributed by atoms with Gasteiger partial charge in [0.25, 0.3) is 5.91 Å². The molecule has 3 rings (SSSR count). The Bertz CT molecular complexity index is 878. The lowest BCUT2D eigenvalue weighted by molar-refractivity contribution is 0.100. The van der Waals surface area contributed by atoms with E-state index in [1.807, 2.05) is 6.92 Å². The van der Waals surface area contributed by atoms with E-state index in [0.717, 1.165) is 37.4 Å². The van der Waals surface area contributed by atoms with Crippen LogP contribution in [0.15, 0.2) is 18.3 Å². The zero-order valence-electron chi connectivity index (χ0n) is 15.6. The molecular formula is C19H24ClFN6O. The lowest BCUT2D eigenvalue weighted by Gasteiger charge is -2.30. The number of anilines is 3. The Labute approximate surface area is 168 Å². The largest absolute Gasteiger partial charge is 0.365 e. The van der Waals surface area contributed by atoms with Crippen molar-refractivity contribution in [2.75, 3.05) is 10.6 Å². The molecule has 150 valence electrons. The van der Waals surface area contributed by atoms with Crippen LogP contribution < -0.4 is 22.1 Å². The first kappa shape index (κ1) is 20.3. The molecule has 28 heavy (non-hydrogen) atoms. The summed E-state index contributed by atoms with van der Waals surface area (Å²) in [5.41, 5.74) is 12.7. The average molecular weight is 407 g/mol. The van der Waals surface area contributed by atoms with E-state index in [0.29, 0.717) is 17.1 Å². The number of amides is 1. The Balaban J connectivity index is 1.92. The summed E-state index contributed by atoms with van der Waals surface area (Å²) in [6, 6.07) is 2.59. The third-order valence-electron chi connectivity index (χ3n) is 4.90. The number of aryl methyl sites for hydroxylation is 1. The van der Waals surface area contributed by atoms with Crippen LogP contribution in [0.4, 0.5) is 21.7 Å². The Morgan fingerprint density at radius 2 is 2.07 bits per heavy atom. The minimum atomic E-state index is -0.793. The van der Waals surface area contributed by atoms with E-state index in [1.54, 1.807) is 12.3 Å². The van der Waals surface area contributed by atoms with Crippen molar-refractivity contribution in [3.63, 3.8) is 0 Å². The van der Waals surface area contributed by atoms with Gasteiger partial charge in [-0.3, -0.25) is 9.78 Å². The Morgan fingerprint density at radius 3 is 2.71 bits per heavy atom. The monoisotopic (exact) mass is 406 g/mol. The fourth-order valence-electron chi connectivity index (χ4n) is 3.32. The summed E-state index contributed by atoms with van der Waals surface area (Å²) >= 11 is 6.20. The number of aromatic nitrogens is 2. The van der Waals surface area contributed by atoms with E-state index in [4.69, 9.17) is 23.1 Å². The van der Waals surface area contributed by atoms with Crippen molar-refractivity contribution in [3.8, 4) is 0 Å². The molecule has 1 saturated carbocycles. The molecule has 2 aromatic heterocycles. The van der Waals surface area contributed by atoms with Gasteiger partial charge in [-0.25, -0.2) is 9.37 Å². The van der Waals surface area contributed by atoms with Crippen LogP contribution in [0.2, 0.25) is 5.02 Å². The highest BCUT2D eigenvalue weighted by atomic mass is 35.5. The number of carbonyl (C=O) groups is 1. The van der Waals surface area contributed by atoms with Crippen LogP contribution in [-0.4, -0.2) is 28.0 Å². The van der Waals surface area contributed by atoms with Gasteiger partial charge in [0, 0.05) is 12.1 Å². The lowest BCUT2D eigenvalue weighted by Crippen LogP contribution is -2.43. The van der Waals surface area contributed by atoms with Crippen molar-refractivity contribution < 1.29 is 9.18 Å². The van der Waals surface area contributed by atoms with E-state index >= 15 is 0 Å². The fourth-order valence-corrected chi connectivity index (χ4v) is 3.62. The average Bonchev–Trinajstić information content (AvgIpc) is 2.66. The standard InChI is InChI=1S/C19H24ClFN6O/c1-2-15-12(20)7-10(9-24-15)25-18-11(17(23)28)8-13(21)19(27-18)26-16-6-4-3-5-14(16)22/h7-9,14,16H,2-6,22H2,1H3,(H2,23,28)(H2,25,26,27)/t14-,16+/m0/s1.